The van der Waals surface area contributed by atoms with E-state index in [9.17, 15) is 8.42 Å². The lowest BCUT2D eigenvalue weighted by Gasteiger charge is -2.29. The number of benzene rings is 1. The molecule has 0 saturated carbocycles. The largest absolute Gasteiger partial charge is 0.353 e. The molecule has 0 aromatic heterocycles. The van der Waals surface area contributed by atoms with Gasteiger partial charge in [-0.25, -0.2) is 0 Å². The van der Waals surface area contributed by atoms with E-state index in [1.165, 1.54) is 7.11 Å². The van der Waals surface area contributed by atoms with Crippen LogP contribution in [0, 0.1) is 12.3 Å². The highest BCUT2D eigenvalue weighted by atomic mass is 32.2. The second-order valence-electron chi connectivity index (χ2n) is 5.71. The summed E-state index contributed by atoms with van der Waals surface area (Å²) in [4.78, 5) is 0.147. The van der Waals surface area contributed by atoms with Gasteiger partial charge in [0.15, 0.2) is 6.29 Å². The first kappa shape index (κ1) is 16.4. The maximum Gasteiger partial charge on any atom is 0.297 e. The number of aryl methyl sites for hydroxylation is 1. The Labute approximate surface area is 126 Å². The summed E-state index contributed by atoms with van der Waals surface area (Å²) in [6.45, 7) is 6.24. The molecule has 0 spiro atoms. The van der Waals surface area contributed by atoms with Gasteiger partial charge in [0.1, 0.15) is 6.10 Å². The summed E-state index contributed by atoms with van der Waals surface area (Å²) in [7, 11) is -2.36. The van der Waals surface area contributed by atoms with Crippen LogP contribution in [0.4, 0.5) is 0 Å². The normalized spacial score (nSPS) is 29.7. The SMILES string of the molecule is CC[C@@]1(C)CO[C@H](OC)[C@H]1OS(=O)(=O)c1ccc(C)cc1. The molecule has 0 aliphatic carbocycles. The zero-order valence-electron chi connectivity index (χ0n) is 12.8. The van der Waals surface area contributed by atoms with Gasteiger partial charge >= 0.3 is 0 Å². The van der Waals surface area contributed by atoms with Crippen molar-refractivity contribution in [2.75, 3.05) is 13.7 Å². The summed E-state index contributed by atoms with van der Waals surface area (Å²) in [5.41, 5.74) is 0.602. The van der Waals surface area contributed by atoms with Crippen LogP contribution in [0.1, 0.15) is 25.8 Å². The van der Waals surface area contributed by atoms with Gasteiger partial charge in [-0.05, 0) is 25.5 Å². The van der Waals surface area contributed by atoms with E-state index in [1.54, 1.807) is 24.3 Å². The van der Waals surface area contributed by atoms with Gasteiger partial charge in [-0.2, -0.15) is 8.42 Å². The Balaban J connectivity index is 2.27. The minimum Gasteiger partial charge on any atom is -0.353 e. The van der Waals surface area contributed by atoms with E-state index in [1.807, 2.05) is 20.8 Å². The smallest absolute Gasteiger partial charge is 0.297 e. The Bertz CT molecular complexity index is 581. The molecule has 0 radical (unpaired) electrons. The Morgan fingerprint density at radius 3 is 2.48 bits per heavy atom. The lowest BCUT2D eigenvalue weighted by Crippen LogP contribution is -2.39. The molecule has 3 atom stereocenters. The fourth-order valence-corrected chi connectivity index (χ4v) is 3.50. The molecule has 2 rings (SSSR count). The topological polar surface area (TPSA) is 61.8 Å². The number of hydrogen-bond acceptors (Lipinski definition) is 5. The summed E-state index contributed by atoms with van der Waals surface area (Å²) >= 11 is 0. The summed E-state index contributed by atoms with van der Waals surface area (Å²) < 4.78 is 41.0. The predicted octanol–water partition coefficient (Wildman–Crippen LogP) is 2.49. The minimum absolute atomic E-state index is 0.147. The summed E-state index contributed by atoms with van der Waals surface area (Å²) in [6.07, 6.45) is -0.588. The van der Waals surface area contributed by atoms with E-state index >= 15 is 0 Å². The Kier molecular flexibility index (Phi) is 4.72. The first-order chi connectivity index (χ1) is 9.82. The number of rotatable bonds is 5. The molecule has 1 aromatic carbocycles. The van der Waals surface area contributed by atoms with E-state index in [0.717, 1.165) is 12.0 Å². The molecule has 118 valence electrons. The average molecular weight is 314 g/mol. The van der Waals surface area contributed by atoms with Crippen molar-refractivity contribution in [3.63, 3.8) is 0 Å². The van der Waals surface area contributed by atoms with E-state index < -0.39 is 27.9 Å². The molecule has 1 aliphatic rings. The van der Waals surface area contributed by atoms with Crippen molar-refractivity contribution in [3.8, 4) is 0 Å². The second-order valence-corrected chi connectivity index (χ2v) is 7.28. The molecule has 1 fully saturated rings. The average Bonchev–Trinajstić information content (AvgIpc) is 2.76. The second kappa shape index (κ2) is 6.04. The van der Waals surface area contributed by atoms with Gasteiger partial charge in [0, 0.05) is 12.5 Å². The van der Waals surface area contributed by atoms with E-state index in [-0.39, 0.29) is 4.90 Å². The Hall–Kier alpha value is -0.950. The standard InChI is InChI=1S/C15H22O5S/c1-5-15(3)10-19-14(18-4)13(15)20-21(16,17)12-8-6-11(2)7-9-12/h6-9,13-14H,5,10H2,1-4H3/t13-,14+,15+/m1/s1. The van der Waals surface area contributed by atoms with Gasteiger partial charge in [0.2, 0.25) is 0 Å². The third kappa shape index (κ3) is 3.29. The predicted molar refractivity (Wildman–Crippen MR) is 78.4 cm³/mol. The van der Waals surface area contributed by atoms with Gasteiger partial charge < -0.3 is 9.47 Å². The molecule has 1 aliphatic heterocycles. The van der Waals surface area contributed by atoms with Crippen molar-refractivity contribution in [1.29, 1.82) is 0 Å². The Morgan fingerprint density at radius 1 is 1.33 bits per heavy atom. The zero-order chi connectivity index (χ0) is 15.7. The fourth-order valence-electron chi connectivity index (χ4n) is 2.32. The maximum absolute atomic E-state index is 12.4. The molecule has 0 N–H and O–H groups in total. The van der Waals surface area contributed by atoms with Gasteiger partial charge in [0.05, 0.1) is 11.5 Å². The number of methoxy groups -OCH3 is 1. The monoisotopic (exact) mass is 314 g/mol. The van der Waals surface area contributed by atoms with Crippen LogP contribution in [0.2, 0.25) is 0 Å². The van der Waals surface area contributed by atoms with Gasteiger partial charge in [-0.3, -0.25) is 4.18 Å². The van der Waals surface area contributed by atoms with Gasteiger partial charge in [-0.15, -0.1) is 0 Å². The van der Waals surface area contributed by atoms with Crippen LogP contribution in [0.25, 0.3) is 0 Å². The highest BCUT2D eigenvalue weighted by Gasteiger charge is 2.49. The third-order valence-corrected chi connectivity index (χ3v) is 5.40. The molecule has 0 amide bonds. The lowest BCUT2D eigenvalue weighted by molar-refractivity contribution is -0.127. The highest BCUT2D eigenvalue weighted by molar-refractivity contribution is 7.86. The molecule has 6 heteroatoms. The molecule has 1 saturated heterocycles. The van der Waals surface area contributed by atoms with Crippen molar-refractivity contribution >= 4 is 10.1 Å². The van der Waals surface area contributed by atoms with Crippen LogP contribution in [-0.4, -0.2) is 34.5 Å². The Morgan fingerprint density at radius 2 is 1.95 bits per heavy atom. The molecule has 21 heavy (non-hydrogen) atoms. The van der Waals surface area contributed by atoms with Crippen LogP contribution >= 0.6 is 0 Å². The first-order valence-electron chi connectivity index (χ1n) is 6.97. The van der Waals surface area contributed by atoms with E-state index in [2.05, 4.69) is 0 Å². The summed E-state index contributed by atoms with van der Waals surface area (Å²) in [5, 5.41) is 0. The molecular formula is C15H22O5S. The van der Waals surface area contributed by atoms with Gasteiger partial charge in [0.25, 0.3) is 10.1 Å². The van der Waals surface area contributed by atoms with Gasteiger partial charge in [-0.1, -0.05) is 31.5 Å². The number of ether oxygens (including phenoxy) is 2. The van der Waals surface area contributed by atoms with Crippen LogP contribution in [0.5, 0.6) is 0 Å². The van der Waals surface area contributed by atoms with E-state index in [0.29, 0.717) is 6.61 Å². The first-order valence-corrected chi connectivity index (χ1v) is 8.37. The summed E-state index contributed by atoms with van der Waals surface area (Å²) in [5.74, 6) is 0. The highest BCUT2D eigenvalue weighted by Crippen LogP contribution is 2.39. The van der Waals surface area contributed by atoms with Crippen LogP contribution in [-0.2, 0) is 23.8 Å². The quantitative estimate of drug-likeness (QED) is 0.781. The van der Waals surface area contributed by atoms with Crippen molar-refractivity contribution in [2.24, 2.45) is 5.41 Å². The summed E-state index contributed by atoms with van der Waals surface area (Å²) in [6, 6.07) is 6.58. The van der Waals surface area contributed by atoms with Crippen molar-refractivity contribution in [1.82, 2.24) is 0 Å². The lowest BCUT2D eigenvalue weighted by atomic mass is 9.84. The van der Waals surface area contributed by atoms with Crippen LogP contribution in [0.15, 0.2) is 29.2 Å². The van der Waals surface area contributed by atoms with Crippen molar-refractivity contribution in [2.45, 2.75) is 44.5 Å². The fraction of sp³-hybridized carbons (Fsp3) is 0.600. The molecule has 1 aromatic rings. The zero-order valence-corrected chi connectivity index (χ0v) is 13.6. The van der Waals surface area contributed by atoms with Crippen LogP contribution in [0.3, 0.4) is 0 Å². The molecule has 1 heterocycles. The third-order valence-electron chi connectivity index (χ3n) is 4.09. The maximum atomic E-state index is 12.4. The molecule has 5 nitrogen and oxygen atoms in total. The minimum atomic E-state index is -3.84. The molecule has 0 unspecified atom stereocenters. The number of hydrogen-bond donors (Lipinski definition) is 0. The molecule has 0 bridgehead atoms. The van der Waals surface area contributed by atoms with Crippen molar-refractivity contribution in [3.05, 3.63) is 29.8 Å². The molecular weight excluding hydrogens is 292 g/mol. The van der Waals surface area contributed by atoms with Crippen LogP contribution < -0.4 is 0 Å². The van der Waals surface area contributed by atoms with E-state index in [4.69, 9.17) is 13.7 Å². The van der Waals surface area contributed by atoms with Crippen molar-refractivity contribution < 1.29 is 22.1 Å².